The number of hydrogen-bond donors (Lipinski definition) is 2. The SMILES string of the molecule is O=C1CCc2c(OCC3(O)CCN(c4c(F)cc(Br)cc4F)CC3)cc(F)c(F)c2N1. The topological polar surface area (TPSA) is 61.8 Å². The zero-order valence-electron chi connectivity index (χ0n) is 16.3. The largest absolute Gasteiger partial charge is 0.490 e. The van der Waals surface area contributed by atoms with Crippen LogP contribution in [0.4, 0.5) is 28.9 Å². The number of rotatable bonds is 4. The number of anilines is 2. The maximum absolute atomic E-state index is 14.2. The Morgan fingerprint density at radius 2 is 1.71 bits per heavy atom. The quantitative estimate of drug-likeness (QED) is 0.612. The molecule has 0 radical (unpaired) electrons. The van der Waals surface area contributed by atoms with Crippen molar-refractivity contribution in [3.8, 4) is 5.75 Å². The van der Waals surface area contributed by atoms with Crippen LogP contribution in [0, 0.1) is 23.3 Å². The molecule has 31 heavy (non-hydrogen) atoms. The first kappa shape index (κ1) is 21.9. The summed E-state index contributed by atoms with van der Waals surface area (Å²) in [6, 6.07) is 3.25. The van der Waals surface area contributed by atoms with Gasteiger partial charge in [0.05, 0.1) is 5.69 Å². The summed E-state index contributed by atoms with van der Waals surface area (Å²) in [4.78, 5) is 13.0. The second-order valence-electron chi connectivity index (χ2n) is 7.79. The van der Waals surface area contributed by atoms with Crippen LogP contribution >= 0.6 is 15.9 Å². The lowest BCUT2D eigenvalue weighted by atomic mass is 9.92. The van der Waals surface area contributed by atoms with Gasteiger partial charge in [-0.15, -0.1) is 0 Å². The van der Waals surface area contributed by atoms with E-state index in [4.69, 9.17) is 4.74 Å². The van der Waals surface area contributed by atoms with Gasteiger partial charge >= 0.3 is 0 Å². The molecule has 0 atom stereocenters. The van der Waals surface area contributed by atoms with E-state index in [2.05, 4.69) is 21.2 Å². The third kappa shape index (κ3) is 4.36. The fourth-order valence-corrected chi connectivity index (χ4v) is 4.33. The summed E-state index contributed by atoms with van der Waals surface area (Å²) >= 11 is 3.04. The highest BCUT2D eigenvalue weighted by atomic mass is 79.9. The van der Waals surface area contributed by atoms with Gasteiger partial charge < -0.3 is 20.1 Å². The van der Waals surface area contributed by atoms with Crippen molar-refractivity contribution in [2.45, 2.75) is 31.3 Å². The lowest BCUT2D eigenvalue weighted by Crippen LogP contribution is -2.48. The number of carbonyl (C=O) groups is 1. The molecule has 0 aliphatic carbocycles. The smallest absolute Gasteiger partial charge is 0.224 e. The minimum absolute atomic E-state index is 0.0507. The second kappa shape index (κ2) is 8.31. The van der Waals surface area contributed by atoms with Crippen molar-refractivity contribution in [1.29, 1.82) is 0 Å². The lowest BCUT2D eigenvalue weighted by Gasteiger charge is -2.39. The van der Waals surface area contributed by atoms with E-state index in [1.54, 1.807) is 0 Å². The number of fused-ring (bicyclic) bond motifs is 1. The Morgan fingerprint density at radius 1 is 1.06 bits per heavy atom. The van der Waals surface area contributed by atoms with Crippen LogP contribution < -0.4 is 15.0 Å². The molecule has 0 bridgehead atoms. The van der Waals surface area contributed by atoms with Crippen molar-refractivity contribution in [3.63, 3.8) is 0 Å². The van der Waals surface area contributed by atoms with Gasteiger partial charge in [0.2, 0.25) is 5.91 Å². The summed E-state index contributed by atoms with van der Waals surface area (Å²) in [5.41, 5.74) is -1.38. The molecule has 1 saturated heterocycles. The van der Waals surface area contributed by atoms with Crippen LogP contribution in [0.3, 0.4) is 0 Å². The Bertz CT molecular complexity index is 1020. The minimum atomic E-state index is -1.31. The Morgan fingerprint density at radius 3 is 2.35 bits per heavy atom. The van der Waals surface area contributed by atoms with Crippen molar-refractivity contribution in [2.24, 2.45) is 0 Å². The molecule has 2 aromatic carbocycles. The number of benzene rings is 2. The Kier molecular flexibility index (Phi) is 5.87. The van der Waals surface area contributed by atoms with Gasteiger partial charge in [0, 0.05) is 35.6 Å². The summed E-state index contributed by atoms with van der Waals surface area (Å²) in [7, 11) is 0. The van der Waals surface area contributed by atoms with E-state index in [-0.39, 0.29) is 62.5 Å². The molecule has 166 valence electrons. The van der Waals surface area contributed by atoms with Gasteiger partial charge in [-0.1, -0.05) is 15.9 Å². The molecule has 5 nitrogen and oxygen atoms in total. The molecule has 0 unspecified atom stereocenters. The van der Waals surface area contributed by atoms with Crippen LogP contribution in [0.2, 0.25) is 0 Å². The number of hydrogen-bond acceptors (Lipinski definition) is 4. The highest BCUT2D eigenvalue weighted by Crippen LogP contribution is 2.37. The average Bonchev–Trinajstić information content (AvgIpc) is 2.70. The van der Waals surface area contributed by atoms with E-state index >= 15 is 0 Å². The molecule has 0 aromatic heterocycles. The van der Waals surface area contributed by atoms with E-state index in [0.29, 0.717) is 10.0 Å². The number of carbonyl (C=O) groups excluding carboxylic acids is 1. The molecule has 2 aliphatic heterocycles. The predicted octanol–water partition coefficient (Wildman–Crippen LogP) is 4.30. The van der Waals surface area contributed by atoms with Crippen LogP contribution in [0.15, 0.2) is 22.7 Å². The number of nitrogens with one attached hydrogen (secondary N) is 1. The number of halogens is 5. The van der Waals surface area contributed by atoms with Gasteiger partial charge in [-0.2, -0.15) is 0 Å². The fourth-order valence-electron chi connectivity index (χ4n) is 3.93. The lowest BCUT2D eigenvalue weighted by molar-refractivity contribution is -0.116. The van der Waals surface area contributed by atoms with Crippen molar-refractivity contribution in [1.82, 2.24) is 0 Å². The summed E-state index contributed by atoms with van der Waals surface area (Å²) in [6.07, 6.45) is 0.606. The first-order chi connectivity index (χ1) is 14.7. The molecular weight excluding hydrogens is 484 g/mol. The van der Waals surface area contributed by atoms with E-state index in [0.717, 1.165) is 6.07 Å². The molecule has 2 N–H and O–H groups in total. The van der Waals surface area contributed by atoms with E-state index in [9.17, 15) is 27.5 Å². The average molecular weight is 503 g/mol. The van der Waals surface area contributed by atoms with Crippen LogP contribution in [0.1, 0.15) is 24.8 Å². The number of nitrogens with zero attached hydrogens (tertiary/aromatic N) is 1. The summed E-state index contributed by atoms with van der Waals surface area (Å²) in [5.74, 6) is -4.09. The third-order valence-corrected chi connectivity index (χ3v) is 6.10. The monoisotopic (exact) mass is 502 g/mol. The molecule has 1 amide bonds. The van der Waals surface area contributed by atoms with Crippen LogP contribution in [-0.2, 0) is 11.2 Å². The Labute approximate surface area is 184 Å². The van der Waals surface area contributed by atoms with Crippen molar-refractivity contribution in [2.75, 3.05) is 29.9 Å². The minimum Gasteiger partial charge on any atom is -0.490 e. The molecule has 4 rings (SSSR count). The molecule has 0 spiro atoms. The Hall–Kier alpha value is -2.33. The van der Waals surface area contributed by atoms with Gasteiger partial charge in [-0.3, -0.25) is 4.79 Å². The molecule has 2 aromatic rings. The highest BCUT2D eigenvalue weighted by Gasteiger charge is 2.35. The molecular formula is C21H19BrF4N2O3. The molecule has 2 heterocycles. The second-order valence-corrected chi connectivity index (χ2v) is 8.71. The first-order valence-electron chi connectivity index (χ1n) is 9.72. The van der Waals surface area contributed by atoms with E-state index in [1.807, 2.05) is 0 Å². The standard InChI is InChI=1S/C21H19BrF4N2O3/c22-11-7-14(24)20(15(25)8-11)28-5-3-21(30,4-6-28)10-31-16-9-13(23)18(26)19-12(16)1-2-17(29)27-19/h7-9,30H,1-6,10H2,(H,27,29). The number of aliphatic hydroxyl groups is 1. The molecule has 2 aliphatic rings. The van der Waals surface area contributed by atoms with Crippen LogP contribution in [-0.4, -0.2) is 36.3 Å². The van der Waals surface area contributed by atoms with Gasteiger partial charge in [-0.05, 0) is 31.4 Å². The number of piperidine rings is 1. The summed E-state index contributed by atoms with van der Waals surface area (Å²) in [6.45, 7) is 0.153. The summed E-state index contributed by atoms with van der Waals surface area (Å²) < 4.78 is 62.4. The normalized spacial score (nSPS) is 17.9. The zero-order valence-corrected chi connectivity index (χ0v) is 17.9. The van der Waals surface area contributed by atoms with Crippen molar-refractivity contribution in [3.05, 3.63) is 51.5 Å². The summed E-state index contributed by atoms with van der Waals surface area (Å²) in [5, 5.41) is 13.2. The highest BCUT2D eigenvalue weighted by molar-refractivity contribution is 9.10. The molecule has 1 fully saturated rings. The van der Waals surface area contributed by atoms with Gasteiger partial charge in [0.15, 0.2) is 23.3 Å². The molecule has 10 heteroatoms. The maximum Gasteiger partial charge on any atom is 0.224 e. The van der Waals surface area contributed by atoms with Crippen molar-refractivity contribution >= 4 is 33.2 Å². The van der Waals surface area contributed by atoms with Crippen LogP contribution in [0.5, 0.6) is 5.75 Å². The van der Waals surface area contributed by atoms with E-state index < -0.39 is 34.8 Å². The number of amides is 1. The van der Waals surface area contributed by atoms with Gasteiger partial charge in [0.25, 0.3) is 0 Å². The number of ether oxygens (including phenoxy) is 1. The molecule has 0 saturated carbocycles. The van der Waals surface area contributed by atoms with Gasteiger partial charge in [0.1, 0.15) is 23.6 Å². The van der Waals surface area contributed by atoms with E-state index in [1.165, 1.54) is 17.0 Å². The first-order valence-corrected chi connectivity index (χ1v) is 10.5. The van der Waals surface area contributed by atoms with Crippen LogP contribution in [0.25, 0.3) is 0 Å². The third-order valence-electron chi connectivity index (χ3n) is 5.64. The maximum atomic E-state index is 14.2. The zero-order chi connectivity index (χ0) is 22.3. The Balaban J connectivity index is 1.46. The van der Waals surface area contributed by atoms with Gasteiger partial charge in [-0.25, -0.2) is 17.6 Å². The van der Waals surface area contributed by atoms with Crippen molar-refractivity contribution < 1.29 is 32.2 Å². The predicted molar refractivity (Wildman–Crippen MR) is 109 cm³/mol. The fraction of sp³-hybridized carbons (Fsp3) is 0.381.